The predicted molar refractivity (Wildman–Crippen MR) is 53.5 cm³/mol. The Morgan fingerprint density at radius 1 is 1.43 bits per heavy atom. The van der Waals surface area contributed by atoms with Crippen LogP contribution in [0.4, 0.5) is 4.39 Å². The lowest BCUT2D eigenvalue weighted by atomic mass is 9.81. The summed E-state index contributed by atoms with van der Waals surface area (Å²) in [4.78, 5) is 0. The lowest BCUT2D eigenvalue weighted by Gasteiger charge is -2.25. The average molecular weight is 191 g/mol. The molecule has 2 aliphatic carbocycles. The largest absolute Gasteiger partial charge is 0.327 e. The molecule has 1 aromatic carbocycles. The van der Waals surface area contributed by atoms with Crippen molar-refractivity contribution in [3.8, 4) is 0 Å². The van der Waals surface area contributed by atoms with E-state index in [0.717, 1.165) is 31.2 Å². The van der Waals surface area contributed by atoms with Crippen molar-refractivity contribution in [2.24, 2.45) is 11.1 Å². The van der Waals surface area contributed by atoms with E-state index in [9.17, 15) is 4.39 Å². The molecule has 2 aliphatic rings. The van der Waals surface area contributed by atoms with Gasteiger partial charge in [0.15, 0.2) is 0 Å². The third-order valence-corrected chi connectivity index (χ3v) is 3.89. The first-order chi connectivity index (χ1) is 6.71. The molecule has 0 bridgehead atoms. The SMILES string of the molecule is NC1CC12CCc1cccc(F)c1C2. The summed E-state index contributed by atoms with van der Waals surface area (Å²) in [6, 6.07) is 5.72. The van der Waals surface area contributed by atoms with Crippen molar-refractivity contribution >= 4 is 0 Å². The van der Waals surface area contributed by atoms with Gasteiger partial charge < -0.3 is 5.73 Å². The molecule has 14 heavy (non-hydrogen) atoms. The van der Waals surface area contributed by atoms with Crippen molar-refractivity contribution in [2.45, 2.75) is 31.7 Å². The highest BCUT2D eigenvalue weighted by molar-refractivity contribution is 5.35. The van der Waals surface area contributed by atoms with Crippen molar-refractivity contribution in [1.82, 2.24) is 0 Å². The molecule has 2 N–H and O–H groups in total. The number of nitrogens with two attached hydrogens (primary N) is 1. The van der Waals surface area contributed by atoms with E-state index in [2.05, 4.69) is 0 Å². The summed E-state index contributed by atoms with van der Waals surface area (Å²) >= 11 is 0. The highest BCUT2D eigenvalue weighted by atomic mass is 19.1. The normalized spacial score (nSPS) is 34.3. The Kier molecular flexibility index (Phi) is 1.55. The fourth-order valence-electron chi connectivity index (χ4n) is 2.73. The zero-order valence-corrected chi connectivity index (χ0v) is 8.09. The summed E-state index contributed by atoms with van der Waals surface area (Å²) in [7, 11) is 0. The molecule has 1 spiro atoms. The number of rotatable bonds is 0. The minimum atomic E-state index is -0.0410. The fraction of sp³-hybridized carbons (Fsp3) is 0.500. The van der Waals surface area contributed by atoms with Gasteiger partial charge in [0.1, 0.15) is 5.82 Å². The van der Waals surface area contributed by atoms with Crippen molar-refractivity contribution < 1.29 is 4.39 Å². The number of halogens is 1. The minimum Gasteiger partial charge on any atom is -0.327 e. The quantitative estimate of drug-likeness (QED) is 0.667. The molecule has 2 unspecified atom stereocenters. The third kappa shape index (κ3) is 1.04. The molecule has 1 nitrogen and oxygen atoms in total. The molecule has 1 fully saturated rings. The van der Waals surface area contributed by atoms with E-state index in [-0.39, 0.29) is 11.2 Å². The molecule has 0 saturated heterocycles. The molecule has 74 valence electrons. The van der Waals surface area contributed by atoms with Gasteiger partial charge in [0.05, 0.1) is 0 Å². The predicted octanol–water partition coefficient (Wildman–Crippen LogP) is 2.03. The van der Waals surface area contributed by atoms with Crippen LogP contribution in [-0.4, -0.2) is 6.04 Å². The van der Waals surface area contributed by atoms with Crippen LogP contribution in [0.25, 0.3) is 0 Å². The van der Waals surface area contributed by atoms with Gasteiger partial charge in [0, 0.05) is 6.04 Å². The maximum atomic E-state index is 13.5. The molecule has 0 heterocycles. The minimum absolute atomic E-state index is 0.0410. The van der Waals surface area contributed by atoms with Crippen LogP contribution in [0, 0.1) is 11.2 Å². The Hall–Kier alpha value is -0.890. The fourth-order valence-corrected chi connectivity index (χ4v) is 2.73. The summed E-state index contributed by atoms with van der Waals surface area (Å²) in [5.41, 5.74) is 8.29. The summed E-state index contributed by atoms with van der Waals surface area (Å²) < 4.78 is 13.5. The van der Waals surface area contributed by atoms with E-state index < -0.39 is 0 Å². The molecule has 3 rings (SSSR count). The molecule has 1 aromatic rings. The van der Waals surface area contributed by atoms with Crippen molar-refractivity contribution in [3.05, 3.63) is 35.1 Å². The van der Waals surface area contributed by atoms with Gasteiger partial charge in [-0.2, -0.15) is 0 Å². The van der Waals surface area contributed by atoms with Crippen LogP contribution in [0.5, 0.6) is 0 Å². The van der Waals surface area contributed by atoms with Crippen LogP contribution in [0.1, 0.15) is 24.0 Å². The molecular formula is C12H14FN. The number of fused-ring (bicyclic) bond motifs is 1. The lowest BCUT2D eigenvalue weighted by molar-refractivity contribution is 0.408. The highest BCUT2D eigenvalue weighted by Crippen LogP contribution is 2.53. The van der Waals surface area contributed by atoms with Crippen LogP contribution in [0.2, 0.25) is 0 Å². The van der Waals surface area contributed by atoms with Gasteiger partial charge in [-0.3, -0.25) is 0 Å². The number of aryl methyl sites for hydroxylation is 1. The third-order valence-electron chi connectivity index (χ3n) is 3.89. The Balaban J connectivity index is 2.01. The van der Waals surface area contributed by atoms with E-state index >= 15 is 0 Å². The molecule has 0 aliphatic heterocycles. The van der Waals surface area contributed by atoms with Gasteiger partial charge in [-0.15, -0.1) is 0 Å². The lowest BCUT2D eigenvalue weighted by Crippen LogP contribution is -2.23. The Bertz CT molecular complexity index is 388. The molecule has 0 radical (unpaired) electrons. The van der Waals surface area contributed by atoms with Crippen LogP contribution < -0.4 is 5.73 Å². The van der Waals surface area contributed by atoms with Crippen LogP contribution in [0.15, 0.2) is 18.2 Å². The number of benzene rings is 1. The number of hydrogen-bond acceptors (Lipinski definition) is 1. The number of hydrogen-bond donors (Lipinski definition) is 1. The van der Waals surface area contributed by atoms with Gasteiger partial charge in [0.25, 0.3) is 0 Å². The molecule has 0 amide bonds. The average Bonchev–Trinajstić information content (AvgIpc) is 2.78. The van der Waals surface area contributed by atoms with E-state index in [0.29, 0.717) is 6.04 Å². The first kappa shape index (κ1) is 8.42. The van der Waals surface area contributed by atoms with Gasteiger partial charge in [0.2, 0.25) is 0 Å². The standard InChI is InChI=1S/C12H14FN/c13-10-3-1-2-8-4-5-12(6-9(8)10)7-11(12)14/h1-3,11H,4-7,14H2. The maximum Gasteiger partial charge on any atom is 0.126 e. The van der Waals surface area contributed by atoms with Crippen molar-refractivity contribution in [3.63, 3.8) is 0 Å². The second-order valence-corrected chi connectivity index (χ2v) is 4.73. The zero-order chi connectivity index (χ0) is 9.76. The van der Waals surface area contributed by atoms with E-state index in [1.807, 2.05) is 6.07 Å². The zero-order valence-electron chi connectivity index (χ0n) is 8.09. The topological polar surface area (TPSA) is 26.0 Å². The van der Waals surface area contributed by atoms with E-state index in [1.165, 1.54) is 5.56 Å². The van der Waals surface area contributed by atoms with Gasteiger partial charge in [-0.25, -0.2) is 4.39 Å². The van der Waals surface area contributed by atoms with Gasteiger partial charge in [-0.05, 0) is 48.3 Å². The summed E-state index contributed by atoms with van der Waals surface area (Å²) in [6.07, 6.45) is 4.09. The monoisotopic (exact) mass is 191 g/mol. The van der Waals surface area contributed by atoms with Crippen molar-refractivity contribution in [1.29, 1.82) is 0 Å². The molecule has 2 heteroatoms. The first-order valence-corrected chi connectivity index (χ1v) is 5.23. The highest BCUT2D eigenvalue weighted by Gasteiger charge is 2.53. The van der Waals surface area contributed by atoms with Crippen LogP contribution in [0.3, 0.4) is 0 Å². The molecular weight excluding hydrogens is 177 g/mol. The van der Waals surface area contributed by atoms with Crippen LogP contribution in [-0.2, 0) is 12.8 Å². The summed E-state index contributed by atoms with van der Waals surface area (Å²) in [5.74, 6) is -0.0410. The van der Waals surface area contributed by atoms with Crippen LogP contribution >= 0.6 is 0 Å². The smallest absolute Gasteiger partial charge is 0.126 e. The van der Waals surface area contributed by atoms with E-state index in [1.54, 1.807) is 12.1 Å². The second-order valence-electron chi connectivity index (χ2n) is 4.73. The Morgan fingerprint density at radius 2 is 2.21 bits per heavy atom. The van der Waals surface area contributed by atoms with Gasteiger partial charge >= 0.3 is 0 Å². The Morgan fingerprint density at radius 3 is 2.93 bits per heavy atom. The Labute approximate surface area is 83.1 Å². The summed E-state index contributed by atoms with van der Waals surface area (Å²) in [6.45, 7) is 0. The summed E-state index contributed by atoms with van der Waals surface area (Å²) in [5, 5.41) is 0. The maximum absolute atomic E-state index is 13.5. The second kappa shape index (κ2) is 2.57. The molecule has 2 atom stereocenters. The van der Waals surface area contributed by atoms with E-state index in [4.69, 9.17) is 5.73 Å². The molecule has 1 saturated carbocycles. The molecule has 0 aromatic heterocycles. The van der Waals surface area contributed by atoms with Crippen molar-refractivity contribution in [2.75, 3.05) is 0 Å². The first-order valence-electron chi connectivity index (χ1n) is 5.23. The van der Waals surface area contributed by atoms with Gasteiger partial charge in [-0.1, -0.05) is 12.1 Å².